The highest BCUT2D eigenvalue weighted by Crippen LogP contribution is 2.33. The summed E-state index contributed by atoms with van der Waals surface area (Å²) in [6, 6.07) is 12.2. The van der Waals surface area contributed by atoms with Crippen molar-refractivity contribution >= 4 is 38.2 Å². The predicted octanol–water partition coefficient (Wildman–Crippen LogP) is 3.92. The summed E-state index contributed by atoms with van der Waals surface area (Å²) in [5, 5.41) is 3.19. The summed E-state index contributed by atoms with van der Waals surface area (Å²) in [6.45, 7) is 2.09. The summed E-state index contributed by atoms with van der Waals surface area (Å²) in [5.74, 6) is 5.77. The standard InChI is InChI=1S/C15H14BrN3S/c1-9-6-7-20-15(9)14(19-17)13-11(16)8-10-4-2-3-5-12(10)18-13/h2-8,14,19H,17H2,1H3. The van der Waals surface area contributed by atoms with E-state index in [1.807, 2.05) is 18.2 Å². The molecule has 0 aliphatic rings. The highest BCUT2D eigenvalue weighted by molar-refractivity contribution is 9.10. The summed E-state index contributed by atoms with van der Waals surface area (Å²) < 4.78 is 0.965. The first-order valence-electron chi connectivity index (χ1n) is 6.26. The number of hydrazine groups is 1. The van der Waals surface area contributed by atoms with Gasteiger partial charge in [0.25, 0.3) is 0 Å². The second-order valence-electron chi connectivity index (χ2n) is 4.62. The summed E-state index contributed by atoms with van der Waals surface area (Å²) >= 11 is 5.30. The number of thiophene rings is 1. The molecule has 2 heterocycles. The van der Waals surface area contributed by atoms with Crippen molar-refractivity contribution in [2.75, 3.05) is 0 Å². The number of nitrogens with zero attached hydrogens (tertiary/aromatic N) is 1. The number of rotatable bonds is 3. The minimum absolute atomic E-state index is 0.103. The van der Waals surface area contributed by atoms with Gasteiger partial charge in [0.15, 0.2) is 0 Å². The number of fused-ring (bicyclic) bond motifs is 1. The van der Waals surface area contributed by atoms with E-state index in [1.165, 1.54) is 10.4 Å². The van der Waals surface area contributed by atoms with Gasteiger partial charge in [-0.1, -0.05) is 18.2 Å². The monoisotopic (exact) mass is 347 g/mol. The molecule has 0 saturated carbocycles. The van der Waals surface area contributed by atoms with Gasteiger partial charge in [-0.3, -0.25) is 5.84 Å². The van der Waals surface area contributed by atoms with Gasteiger partial charge in [0.2, 0.25) is 0 Å². The molecule has 1 aromatic carbocycles. The lowest BCUT2D eigenvalue weighted by atomic mass is 10.1. The Balaban J connectivity index is 2.17. The molecule has 0 aliphatic carbocycles. The van der Waals surface area contributed by atoms with Gasteiger partial charge < -0.3 is 0 Å². The van der Waals surface area contributed by atoms with Crippen LogP contribution in [-0.2, 0) is 0 Å². The first-order chi connectivity index (χ1) is 9.70. The molecule has 102 valence electrons. The molecule has 0 saturated heterocycles. The van der Waals surface area contributed by atoms with Crippen molar-refractivity contribution in [1.29, 1.82) is 0 Å². The summed E-state index contributed by atoms with van der Waals surface area (Å²) in [4.78, 5) is 5.95. The Kier molecular flexibility index (Phi) is 3.85. The molecule has 5 heteroatoms. The molecule has 3 nitrogen and oxygen atoms in total. The molecule has 0 bridgehead atoms. The first kappa shape index (κ1) is 13.7. The fraction of sp³-hybridized carbons (Fsp3) is 0.133. The van der Waals surface area contributed by atoms with Crippen LogP contribution in [0.15, 0.2) is 46.3 Å². The minimum Gasteiger partial charge on any atom is -0.270 e. The van der Waals surface area contributed by atoms with Crippen molar-refractivity contribution in [3.8, 4) is 0 Å². The van der Waals surface area contributed by atoms with Crippen LogP contribution >= 0.6 is 27.3 Å². The maximum absolute atomic E-state index is 5.77. The Morgan fingerprint density at radius 1 is 1.30 bits per heavy atom. The van der Waals surface area contributed by atoms with Gasteiger partial charge in [0.1, 0.15) is 0 Å². The molecule has 0 aliphatic heterocycles. The van der Waals surface area contributed by atoms with E-state index in [9.17, 15) is 0 Å². The van der Waals surface area contributed by atoms with E-state index in [0.29, 0.717) is 0 Å². The topological polar surface area (TPSA) is 50.9 Å². The molecule has 1 atom stereocenters. The summed E-state index contributed by atoms with van der Waals surface area (Å²) in [7, 11) is 0. The van der Waals surface area contributed by atoms with Crippen molar-refractivity contribution in [3.63, 3.8) is 0 Å². The third-order valence-corrected chi connectivity index (χ3v) is 5.03. The van der Waals surface area contributed by atoms with Crippen LogP contribution in [0.3, 0.4) is 0 Å². The van der Waals surface area contributed by atoms with Gasteiger partial charge in [-0.2, -0.15) is 0 Å². The third-order valence-electron chi connectivity index (χ3n) is 3.31. The Bertz CT molecular complexity index is 754. The summed E-state index contributed by atoms with van der Waals surface area (Å²) in [5.41, 5.74) is 5.99. The lowest BCUT2D eigenvalue weighted by Gasteiger charge is -2.17. The zero-order valence-corrected chi connectivity index (χ0v) is 13.3. The van der Waals surface area contributed by atoms with Gasteiger partial charge in [0.05, 0.1) is 17.3 Å². The van der Waals surface area contributed by atoms with Gasteiger partial charge in [-0.25, -0.2) is 10.4 Å². The molecule has 20 heavy (non-hydrogen) atoms. The van der Waals surface area contributed by atoms with Gasteiger partial charge in [-0.05, 0) is 52.0 Å². The number of halogens is 1. The average Bonchev–Trinajstić information content (AvgIpc) is 2.87. The maximum Gasteiger partial charge on any atom is 0.0987 e. The van der Waals surface area contributed by atoms with Crippen LogP contribution in [0.5, 0.6) is 0 Å². The van der Waals surface area contributed by atoms with Crippen LogP contribution in [0.1, 0.15) is 22.2 Å². The minimum atomic E-state index is -0.103. The van der Waals surface area contributed by atoms with Crippen LogP contribution in [0.2, 0.25) is 0 Å². The van der Waals surface area contributed by atoms with Gasteiger partial charge >= 0.3 is 0 Å². The normalized spacial score (nSPS) is 12.8. The van der Waals surface area contributed by atoms with E-state index in [-0.39, 0.29) is 6.04 Å². The van der Waals surface area contributed by atoms with Crippen molar-refractivity contribution in [2.45, 2.75) is 13.0 Å². The fourth-order valence-electron chi connectivity index (χ4n) is 2.27. The second kappa shape index (κ2) is 5.61. The lowest BCUT2D eigenvalue weighted by molar-refractivity contribution is 0.627. The number of hydrogen-bond acceptors (Lipinski definition) is 4. The largest absolute Gasteiger partial charge is 0.270 e. The van der Waals surface area contributed by atoms with E-state index in [2.05, 4.69) is 51.9 Å². The number of pyridine rings is 1. The molecular formula is C15H14BrN3S. The number of nitrogens with one attached hydrogen (secondary N) is 1. The van der Waals surface area contributed by atoms with E-state index < -0.39 is 0 Å². The predicted molar refractivity (Wildman–Crippen MR) is 87.7 cm³/mol. The van der Waals surface area contributed by atoms with Crippen LogP contribution in [-0.4, -0.2) is 4.98 Å². The molecule has 3 aromatic rings. The smallest absolute Gasteiger partial charge is 0.0987 e. The van der Waals surface area contributed by atoms with Gasteiger partial charge in [0, 0.05) is 14.7 Å². The first-order valence-corrected chi connectivity index (χ1v) is 7.93. The van der Waals surface area contributed by atoms with Crippen LogP contribution in [0.25, 0.3) is 10.9 Å². The fourth-order valence-corrected chi connectivity index (χ4v) is 3.82. The Morgan fingerprint density at radius 2 is 2.10 bits per heavy atom. The quantitative estimate of drug-likeness (QED) is 0.557. The highest BCUT2D eigenvalue weighted by atomic mass is 79.9. The lowest BCUT2D eigenvalue weighted by Crippen LogP contribution is -2.29. The van der Waals surface area contributed by atoms with E-state index in [4.69, 9.17) is 10.8 Å². The molecule has 1 unspecified atom stereocenters. The number of para-hydroxylation sites is 1. The Morgan fingerprint density at radius 3 is 2.80 bits per heavy atom. The highest BCUT2D eigenvalue weighted by Gasteiger charge is 2.20. The number of hydrogen-bond donors (Lipinski definition) is 2. The molecule has 0 radical (unpaired) electrons. The van der Waals surface area contributed by atoms with Crippen molar-refractivity contribution < 1.29 is 0 Å². The van der Waals surface area contributed by atoms with E-state index in [1.54, 1.807) is 11.3 Å². The molecule has 0 amide bonds. The molecule has 0 spiro atoms. The number of aryl methyl sites for hydroxylation is 1. The molecule has 3 rings (SSSR count). The van der Waals surface area contributed by atoms with Crippen LogP contribution < -0.4 is 11.3 Å². The molecule has 0 fully saturated rings. The number of aromatic nitrogens is 1. The average molecular weight is 348 g/mol. The zero-order chi connectivity index (χ0) is 14.1. The Labute approximate surface area is 129 Å². The Hall–Kier alpha value is -1.27. The van der Waals surface area contributed by atoms with Crippen molar-refractivity contribution in [1.82, 2.24) is 10.4 Å². The molecule has 2 aromatic heterocycles. The molecule has 3 N–H and O–H groups in total. The molecular weight excluding hydrogens is 334 g/mol. The number of nitrogens with two attached hydrogens (primary N) is 1. The third kappa shape index (κ3) is 2.38. The van der Waals surface area contributed by atoms with Gasteiger partial charge in [-0.15, -0.1) is 11.3 Å². The summed E-state index contributed by atoms with van der Waals surface area (Å²) in [6.07, 6.45) is 0. The van der Waals surface area contributed by atoms with Crippen LogP contribution in [0.4, 0.5) is 0 Å². The van der Waals surface area contributed by atoms with E-state index in [0.717, 1.165) is 21.1 Å². The maximum atomic E-state index is 5.77. The number of benzene rings is 1. The zero-order valence-electron chi connectivity index (χ0n) is 10.9. The van der Waals surface area contributed by atoms with E-state index >= 15 is 0 Å². The second-order valence-corrected chi connectivity index (χ2v) is 6.42. The van der Waals surface area contributed by atoms with Crippen molar-refractivity contribution in [2.24, 2.45) is 5.84 Å². The van der Waals surface area contributed by atoms with Crippen LogP contribution in [0, 0.1) is 6.92 Å². The van der Waals surface area contributed by atoms with Crippen molar-refractivity contribution in [3.05, 3.63) is 62.4 Å². The SMILES string of the molecule is Cc1ccsc1C(NN)c1nc2ccccc2cc1Br.